The molecule has 3 aliphatic rings. The molecule has 1 unspecified atom stereocenters. The Balaban J connectivity index is 1.57. The number of nitrogens with one attached hydrogen (secondary N) is 1. The maximum atomic E-state index is 3.53. The summed E-state index contributed by atoms with van der Waals surface area (Å²) in [6.07, 6.45) is 13.2. The van der Waals surface area contributed by atoms with Gasteiger partial charge >= 0.3 is 0 Å². The highest BCUT2D eigenvalue weighted by molar-refractivity contribution is 4.92. The molecule has 19 heavy (non-hydrogen) atoms. The van der Waals surface area contributed by atoms with Crippen LogP contribution in [0.2, 0.25) is 0 Å². The topological polar surface area (TPSA) is 15.3 Å². The first-order valence-corrected chi connectivity index (χ1v) is 8.85. The average molecular weight is 264 g/mol. The van der Waals surface area contributed by atoms with E-state index in [1.165, 1.54) is 77.4 Å². The van der Waals surface area contributed by atoms with E-state index in [1.54, 1.807) is 0 Å². The van der Waals surface area contributed by atoms with Gasteiger partial charge in [0.2, 0.25) is 0 Å². The van der Waals surface area contributed by atoms with Crippen LogP contribution in [0.4, 0.5) is 0 Å². The first kappa shape index (κ1) is 13.9. The Morgan fingerprint density at radius 1 is 0.947 bits per heavy atom. The first-order valence-electron chi connectivity index (χ1n) is 8.85. The van der Waals surface area contributed by atoms with E-state index in [2.05, 4.69) is 17.1 Å². The highest BCUT2D eigenvalue weighted by atomic mass is 15.2. The van der Waals surface area contributed by atoms with Gasteiger partial charge in [-0.3, -0.25) is 4.90 Å². The smallest absolute Gasteiger partial charge is 0.0128 e. The molecule has 3 fully saturated rings. The van der Waals surface area contributed by atoms with Crippen LogP contribution >= 0.6 is 0 Å². The molecule has 1 N–H and O–H groups in total. The molecule has 1 aliphatic carbocycles. The highest BCUT2D eigenvalue weighted by Gasteiger charge is 2.37. The van der Waals surface area contributed by atoms with Crippen molar-refractivity contribution in [3.8, 4) is 0 Å². The Hall–Kier alpha value is -0.0800. The predicted molar refractivity (Wildman–Crippen MR) is 81.4 cm³/mol. The third-order valence-electron chi connectivity index (χ3n) is 6.13. The average Bonchev–Trinajstić information content (AvgIpc) is 2.98. The Morgan fingerprint density at radius 2 is 1.68 bits per heavy atom. The van der Waals surface area contributed by atoms with Crippen molar-refractivity contribution in [1.29, 1.82) is 0 Å². The lowest BCUT2D eigenvalue weighted by atomic mass is 9.82. The van der Waals surface area contributed by atoms with Gasteiger partial charge in [-0.2, -0.15) is 0 Å². The Morgan fingerprint density at radius 3 is 2.37 bits per heavy atom. The van der Waals surface area contributed by atoms with Crippen molar-refractivity contribution in [2.24, 2.45) is 11.8 Å². The number of likely N-dealkylation sites (tertiary alicyclic amines) is 1. The molecule has 2 nitrogen and oxygen atoms in total. The van der Waals surface area contributed by atoms with Crippen LogP contribution in [0, 0.1) is 11.8 Å². The SMILES string of the molecule is CCC1CCC(N2CCCC2C2CCNCC2)CC1. The zero-order chi connectivity index (χ0) is 13.1. The van der Waals surface area contributed by atoms with Crippen molar-refractivity contribution >= 4 is 0 Å². The van der Waals surface area contributed by atoms with Crippen molar-refractivity contribution in [2.75, 3.05) is 19.6 Å². The molecule has 0 amide bonds. The molecule has 0 spiro atoms. The van der Waals surface area contributed by atoms with Gasteiger partial charge in [-0.15, -0.1) is 0 Å². The monoisotopic (exact) mass is 264 g/mol. The molecule has 0 bridgehead atoms. The van der Waals surface area contributed by atoms with Gasteiger partial charge in [-0.05, 0) is 82.8 Å². The van der Waals surface area contributed by atoms with Crippen molar-refractivity contribution in [1.82, 2.24) is 10.2 Å². The summed E-state index contributed by atoms with van der Waals surface area (Å²) in [5.74, 6) is 2.03. The fourth-order valence-corrected chi connectivity index (χ4v) is 4.89. The van der Waals surface area contributed by atoms with Gasteiger partial charge in [-0.1, -0.05) is 13.3 Å². The van der Waals surface area contributed by atoms with Gasteiger partial charge in [0, 0.05) is 12.1 Å². The fraction of sp³-hybridized carbons (Fsp3) is 1.00. The van der Waals surface area contributed by atoms with E-state index in [-0.39, 0.29) is 0 Å². The molecule has 0 radical (unpaired) electrons. The number of rotatable bonds is 3. The van der Waals surface area contributed by atoms with Crippen molar-refractivity contribution in [2.45, 2.75) is 76.8 Å². The second-order valence-electron chi connectivity index (χ2n) is 7.12. The Labute approximate surface area is 119 Å². The van der Waals surface area contributed by atoms with Crippen molar-refractivity contribution in [3.05, 3.63) is 0 Å². The van der Waals surface area contributed by atoms with Crippen LogP contribution in [-0.2, 0) is 0 Å². The minimum Gasteiger partial charge on any atom is -0.317 e. The van der Waals surface area contributed by atoms with Gasteiger partial charge in [0.25, 0.3) is 0 Å². The van der Waals surface area contributed by atoms with Gasteiger partial charge in [0.1, 0.15) is 0 Å². The van der Waals surface area contributed by atoms with Gasteiger partial charge < -0.3 is 5.32 Å². The molecular formula is C17H32N2. The summed E-state index contributed by atoms with van der Waals surface area (Å²) in [5, 5.41) is 3.53. The third-order valence-corrected chi connectivity index (χ3v) is 6.13. The molecule has 2 saturated heterocycles. The van der Waals surface area contributed by atoms with Gasteiger partial charge in [0.15, 0.2) is 0 Å². The van der Waals surface area contributed by atoms with E-state index in [9.17, 15) is 0 Å². The molecule has 1 atom stereocenters. The summed E-state index contributed by atoms with van der Waals surface area (Å²) >= 11 is 0. The van der Waals surface area contributed by atoms with Crippen LogP contribution in [0.15, 0.2) is 0 Å². The number of piperidine rings is 1. The van der Waals surface area contributed by atoms with Crippen LogP contribution in [-0.4, -0.2) is 36.6 Å². The van der Waals surface area contributed by atoms with Crippen molar-refractivity contribution in [3.63, 3.8) is 0 Å². The lowest BCUT2D eigenvalue weighted by Crippen LogP contribution is -2.46. The largest absolute Gasteiger partial charge is 0.317 e. The lowest BCUT2D eigenvalue weighted by molar-refractivity contribution is 0.0827. The van der Waals surface area contributed by atoms with Crippen LogP contribution in [0.5, 0.6) is 0 Å². The molecule has 2 aliphatic heterocycles. The third kappa shape index (κ3) is 3.16. The van der Waals surface area contributed by atoms with Gasteiger partial charge in [0.05, 0.1) is 0 Å². The maximum absolute atomic E-state index is 3.53. The Kier molecular flexibility index (Phi) is 4.81. The van der Waals surface area contributed by atoms with E-state index in [4.69, 9.17) is 0 Å². The molecule has 3 rings (SSSR count). The van der Waals surface area contributed by atoms with Gasteiger partial charge in [-0.25, -0.2) is 0 Å². The van der Waals surface area contributed by atoms with Crippen LogP contribution in [0.25, 0.3) is 0 Å². The molecule has 110 valence electrons. The standard InChI is InChI=1S/C17H32N2/c1-2-14-5-7-16(8-6-14)19-13-3-4-17(19)15-9-11-18-12-10-15/h14-18H,2-13H2,1H3. The van der Waals surface area contributed by atoms with Crippen molar-refractivity contribution < 1.29 is 0 Å². The summed E-state index contributed by atoms with van der Waals surface area (Å²) in [7, 11) is 0. The maximum Gasteiger partial charge on any atom is 0.0128 e. The molecule has 0 aromatic heterocycles. The Bertz CT molecular complexity index is 264. The zero-order valence-corrected chi connectivity index (χ0v) is 12.7. The molecule has 1 saturated carbocycles. The normalized spacial score (nSPS) is 38.7. The molecule has 0 aromatic rings. The summed E-state index contributed by atoms with van der Waals surface area (Å²) < 4.78 is 0. The molecule has 0 aromatic carbocycles. The first-order chi connectivity index (χ1) is 9.38. The minimum atomic E-state index is 0.935. The quantitative estimate of drug-likeness (QED) is 0.840. The van der Waals surface area contributed by atoms with Crippen LogP contribution in [0.1, 0.15) is 64.7 Å². The van der Waals surface area contributed by atoms with Crippen LogP contribution < -0.4 is 5.32 Å². The number of hydrogen-bond donors (Lipinski definition) is 1. The number of hydrogen-bond acceptors (Lipinski definition) is 2. The molecule has 2 heteroatoms. The predicted octanol–water partition coefficient (Wildman–Crippen LogP) is 3.42. The zero-order valence-electron chi connectivity index (χ0n) is 12.7. The summed E-state index contributed by atoms with van der Waals surface area (Å²) in [6.45, 7) is 6.30. The summed E-state index contributed by atoms with van der Waals surface area (Å²) in [5.41, 5.74) is 0. The summed E-state index contributed by atoms with van der Waals surface area (Å²) in [4.78, 5) is 2.95. The number of nitrogens with zero attached hydrogens (tertiary/aromatic N) is 1. The van der Waals surface area contributed by atoms with E-state index < -0.39 is 0 Å². The highest BCUT2D eigenvalue weighted by Crippen LogP contribution is 2.36. The van der Waals surface area contributed by atoms with Crippen LogP contribution in [0.3, 0.4) is 0 Å². The lowest BCUT2D eigenvalue weighted by Gasteiger charge is -2.41. The second kappa shape index (κ2) is 6.58. The second-order valence-corrected chi connectivity index (χ2v) is 7.12. The fourth-order valence-electron chi connectivity index (χ4n) is 4.89. The van der Waals surface area contributed by atoms with E-state index >= 15 is 0 Å². The van der Waals surface area contributed by atoms with E-state index in [1.807, 2.05) is 0 Å². The van der Waals surface area contributed by atoms with E-state index in [0.717, 1.165) is 23.9 Å². The minimum absolute atomic E-state index is 0.935. The molecule has 2 heterocycles. The summed E-state index contributed by atoms with van der Waals surface area (Å²) in [6, 6.07) is 1.87. The van der Waals surface area contributed by atoms with E-state index in [0.29, 0.717) is 0 Å². The molecular weight excluding hydrogens is 232 g/mol.